The lowest BCUT2D eigenvalue weighted by atomic mass is 10.0. The molecule has 0 bridgehead atoms. The number of likely N-dealkylation sites (tertiary alicyclic amines) is 1. The molecular formula is C14H23BrN2+2. The summed E-state index contributed by atoms with van der Waals surface area (Å²) < 4.78 is 1.17. The minimum absolute atomic E-state index is 0.849. The number of hydrogen-bond donors (Lipinski definition) is 2. The average Bonchev–Trinajstić information content (AvgIpc) is 2.33. The van der Waals surface area contributed by atoms with Gasteiger partial charge in [-0.3, -0.25) is 0 Å². The quantitative estimate of drug-likeness (QED) is 0.786. The standard InChI is InChI=1S/C14H21BrN2/c1-16-9-7-14(8-10-16)17(2)11-12-3-5-13(15)6-4-12/h3-6,14H,7-11H2,1-2H3/p+2. The number of nitrogens with one attached hydrogen (secondary N) is 2. The van der Waals surface area contributed by atoms with E-state index in [1.807, 2.05) is 0 Å². The summed E-state index contributed by atoms with van der Waals surface area (Å²) >= 11 is 3.49. The molecule has 0 aliphatic carbocycles. The van der Waals surface area contributed by atoms with Gasteiger partial charge in [0.05, 0.1) is 33.2 Å². The average molecular weight is 299 g/mol. The van der Waals surface area contributed by atoms with Gasteiger partial charge in [-0.05, 0) is 12.1 Å². The van der Waals surface area contributed by atoms with E-state index in [4.69, 9.17) is 0 Å². The molecule has 0 aromatic heterocycles. The highest BCUT2D eigenvalue weighted by atomic mass is 79.9. The maximum atomic E-state index is 3.49. The molecule has 2 nitrogen and oxygen atoms in total. The maximum Gasteiger partial charge on any atom is 0.103 e. The summed E-state index contributed by atoms with van der Waals surface area (Å²) in [5.74, 6) is 0. The van der Waals surface area contributed by atoms with Gasteiger partial charge >= 0.3 is 0 Å². The van der Waals surface area contributed by atoms with Crippen LogP contribution in [-0.2, 0) is 6.54 Å². The third-order valence-corrected chi connectivity index (χ3v) is 4.46. The Morgan fingerprint density at radius 3 is 2.41 bits per heavy atom. The van der Waals surface area contributed by atoms with Crippen molar-refractivity contribution in [2.24, 2.45) is 0 Å². The van der Waals surface area contributed by atoms with Gasteiger partial charge in [0.25, 0.3) is 0 Å². The molecule has 1 fully saturated rings. The van der Waals surface area contributed by atoms with E-state index >= 15 is 0 Å². The van der Waals surface area contributed by atoms with Crippen molar-refractivity contribution in [1.29, 1.82) is 0 Å². The van der Waals surface area contributed by atoms with Gasteiger partial charge in [0.15, 0.2) is 0 Å². The Bertz CT molecular complexity index is 342. The summed E-state index contributed by atoms with van der Waals surface area (Å²) in [6.45, 7) is 3.82. The Labute approximate surface area is 113 Å². The van der Waals surface area contributed by atoms with Gasteiger partial charge in [-0.2, -0.15) is 0 Å². The van der Waals surface area contributed by atoms with Crippen LogP contribution in [-0.4, -0.2) is 33.2 Å². The number of hydrogen-bond acceptors (Lipinski definition) is 0. The Morgan fingerprint density at radius 1 is 1.24 bits per heavy atom. The van der Waals surface area contributed by atoms with Crippen molar-refractivity contribution >= 4 is 15.9 Å². The van der Waals surface area contributed by atoms with Gasteiger partial charge in [0.2, 0.25) is 0 Å². The SMILES string of the molecule is C[NH+]1CCC([NH+](C)Cc2ccc(Br)cc2)CC1. The maximum absolute atomic E-state index is 3.49. The fourth-order valence-electron chi connectivity index (χ4n) is 2.67. The molecule has 2 N–H and O–H groups in total. The second kappa shape index (κ2) is 5.98. The Morgan fingerprint density at radius 2 is 1.82 bits per heavy atom. The topological polar surface area (TPSA) is 8.88 Å². The van der Waals surface area contributed by atoms with E-state index in [2.05, 4.69) is 54.3 Å². The number of halogens is 1. The van der Waals surface area contributed by atoms with Crippen molar-refractivity contribution < 1.29 is 9.80 Å². The van der Waals surface area contributed by atoms with Crippen molar-refractivity contribution in [3.8, 4) is 0 Å². The van der Waals surface area contributed by atoms with Gasteiger partial charge in [-0.1, -0.05) is 28.1 Å². The third-order valence-electron chi connectivity index (χ3n) is 3.93. The first-order valence-corrected chi connectivity index (χ1v) is 7.32. The molecule has 1 heterocycles. The van der Waals surface area contributed by atoms with Crippen LogP contribution in [0.1, 0.15) is 18.4 Å². The first kappa shape index (κ1) is 13.1. The normalized spacial score (nSPS) is 26.8. The van der Waals surface area contributed by atoms with Crippen molar-refractivity contribution in [3.63, 3.8) is 0 Å². The van der Waals surface area contributed by atoms with Crippen molar-refractivity contribution in [2.45, 2.75) is 25.4 Å². The smallest absolute Gasteiger partial charge is 0.103 e. The Balaban J connectivity index is 1.88. The van der Waals surface area contributed by atoms with E-state index in [0.29, 0.717) is 0 Å². The predicted molar refractivity (Wildman–Crippen MR) is 74.4 cm³/mol. The molecule has 1 atom stereocenters. The van der Waals surface area contributed by atoms with Crippen LogP contribution < -0.4 is 9.80 Å². The minimum atomic E-state index is 0.849. The van der Waals surface area contributed by atoms with E-state index in [9.17, 15) is 0 Å². The van der Waals surface area contributed by atoms with Crippen LogP contribution >= 0.6 is 15.9 Å². The molecule has 0 saturated carbocycles. The summed E-state index contributed by atoms with van der Waals surface area (Å²) in [4.78, 5) is 3.36. The first-order chi connectivity index (χ1) is 8.15. The van der Waals surface area contributed by atoms with Crippen LogP contribution in [0.3, 0.4) is 0 Å². The Hall–Kier alpha value is -0.380. The van der Waals surface area contributed by atoms with Gasteiger partial charge in [-0.15, -0.1) is 0 Å². The van der Waals surface area contributed by atoms with Crippen LogP contribution in [0.5, 0.6) is 0 Å². The van der Waals surface area contributed by atoms with Gasteiger partial charge in [0.1, 0.15) is 6.54 Å². The van der Waals surface area contributed by atoms with Crippen molar-refractivity contribution in [2.75, 3.05) is 27.2 Å². The van der Waals surface area contributed by atoms with Gasteiger partial charge in [0, 0.05) is 22.9 Å². The van der Waals surface area contributed by atoms with E-state index in [1.54, 1.807) is 9.80 Å². The fourth-order valence-corrected chi connectivity index (χ4v) is 2.94. The zero-order valence-corrected chi connectivity index (χ0v) is 12.4. The molecular weight excluding hydrogens is 276 g/mol. The van der Waals surface area contributed by atoms with Crippen LogP contribution in [0.4, 0.5) is 0 Å². The molecule has 0 amide bonds. The zero-order chi connectivity index (χ0) is 12.3. The molecule has 1 saturated heterocycles. The van der Waals surface area contributed by atoms with Crippen molar-refractivity contribution in [3.05, 3.63) is 34.3 Å². The molecule has 1 unspecified atom stereocenters. The highest BCUT2D eigenvalue weighted by Crippen LogP contribution is 2.09. The second-order valence-corrected chi connectivity index (χ2v) is 6.30. The van der Waals surface area contributed by atoms with Crippen LogP contribution in [0.15, 0.2) is 28.7 Å². The molecule has 3 heteroatoms. The summed E-state index contributed by atoms with van der Waals surface area (Å²) in [7, 11) is 4.65. The number of piperidine rings is 1. The summed E-state index contributed by atoms with van der Waals surface area (Å²) in [6, 6.07) is 9.59. The fraction of sp³-hybridized carbons (Fsp3) is 0.571. The highest BCUT2D eigenvalue weighted by Gasteiger charge is 2.25. The minimum Gasteiger partial charge on any atom is -0.337 e. The lowest BCUT2D eigenvalue weighted by molar-refractivity contribution is -0.948. The largest absolute Gasteiger partial charge is 0.337 e. The molecule has 1 aliphatic heterocycles. The lowest BCUT2D eigenvalue weighted by Crippen LogP contribution is -3.17. The van der Waals surface area contributed by atoms with E-state index < -0.39 is 0 Å². The summed E-state index contributed by atoms with van der Waals surface area (Å²) in [6.07, 6.45) is 2.74. The molecule has 0 spiro atoms. The molecule has 2 rings (SSSR count). The molecule has 17 heavy (non-hydrogen) atoms. The highest BCUT2D eigenvalue weighted by molar-refractivity contribution is 9.10. The van der Waals surface area contributed by atoms with Crippen LogP contribution in [0.2, 0.25) is 0 Å². The predicted octanol–water partition coefficient (Wildman–Crippen LogP) is 0.141. The molecule has 1 aromatic rings. The molecule has 1 aromatic carbocycles. The van der Waals surface area contributed by atoms with Gasteiger partial charge < -0.3 is 9.80 Å². The molecule has 1 aliphatic rings. The number of benzene rings is 1. The van der Waals surface area contributed by atoms with Crippen LogP contribution in [0, 0.1) is 0 Å². The molecule has 94 valence electrons. The zero-order valence-electron chi connectivity index (χ0n) is 10.8. The van der Waals surface area contributed by atoms with E-state index in [-0.39, 0.29) is 0 Å². The lowest BCUT2D eigenvalue weighted by Gasteiger charge is -2.30. The van der Waals surface area contributed by atoms with Crippen LogP contribution in [0.25, 0.3) is 0 Å². The number of quaternary nitrogens is 2. The summed E-state index contributed by atoms with van der Waals surface area (Å²) in [5.41, 5.74) is 1.44. The van der Waals surface area contributed by atoms with E-state index in [1.165, 1.54) is 36.0 Å². The van der Waals surface area contributed by atoms with Crippen molar-refractivity contribution in [1.82, 2.24) is 0 Å². The van der Waals surface area contributed by atoms with E-state index in [0.717, 1.165) is 12.6 Å². The monoisotopic (exact) mass is 298 g/mol. The summed E-state index contributed by atoms with van der Waals surface area (Å²) in [5, 5.41) is 0. The second-order valence-electron chi connectivity index (χ2n) is 5.38. The van der Waals surface area contributed by atoms with Gasteiger partial charge in [-0.25, -0.2) is 0 Å². The number of rotatable bonds is 3. The third kappa shape index (κ3) is 3.80. The first-order valence-electron chi connectivity index (χ1n) is 6.53. The molecule has 0 radical (unpaired) electrons. The Kier molecular flexibility index (Phi) is 4.60.